The van der Waals surface area contributed by atoms with Gasteiger partial charge in [0.2, 0.25) is 5.91 Å². The number of nitrogens with zero attached hydrogens (tertiary/aromatic N) is 2. The van der Waals surface area contributed by atoms with Crippen molar-refractivity contribution in [3.8, 4) is 5.75 Å². The predicted molar refractivity (Wildman–Crippen MR) is 130 cm³/mol. The third-order valence-electron chi connectivity index (χ3n) is 5.46. The molecular formula is C26H33N3O5. The summed E-state index contributed by atoms with van der Waals surface area (Å²) in [5.74, 6) is 0.128. The average molecular weight is 468 g/mol. The number of carbonyl (C=O) groups excluding carboxylic acids is 3. The van der Waals surface area contributed by atoms with E-state index in [1.54, 1.807) is 48.4 Å². The summed E-state index contributed by atoms with van der Waals surface area (Å²) >= 11 is 0. The molecule has 2 aromatic carbocycles. The maximum Gasteiger partial charge on any atom is 0.410 e. The van der Waals surface area contributed by atoms with Crippen molar-refractivity contribution in [2.24, 2.45) is 0 Å². The fourth-order valence-corrected chi connectivity index (χ4v) is 3.73. The number of nitrogens with one attached hydrogen (secondary N) is 1. The van der Waals surface area contributed by atoms with Crippen LogP contribution < -0.4 is 15.0 Å². The molecule has 0 radical (unpaired) electrons. The molecule has 1 N–H and O–H groups in total. The second-order valence-corrected chi connectivity index (χ2v) is 9.26. The largest absolute Gasteiger partial charge is 0.497 e. The zero-order valence-corrected chi connectivity index (χ0v) is 20.2. The topological polar surface area (TPSA) is 88.2 Å². The molecule has 0 spiro atoms. The highest BCUT2D eigenvalue weighted by Crippen LogP contribution is 2.20. The maximum absolute atomic E-state index is 13.3. The molecule has 3 rings (SSSR count). The number of ether oxygens (including phenoxy) is 2. The summed E-state index contributed by atoms with van der Waals surface area (Å²) in [5.41, 5.74) is 0.556. The Morgan fingerprint density at radius 3 is 2.18 bits per heavy atom. The first-order valence-electron chi connectivity index (χ1n) is 11.4. The molecule has 8 heteroatoms. The normalized spacial score (nSPS) is 14.3. The standard InChI is InChI=1S/C26H33N3O5/c1-26(2,3)34-25(32)28-16-14-20(15-17-28)27-23(30)18-29(21-8-6-5-7-9-21)24(31)19-10-12-22(33-4)13-11-19/h5-13,20H,14-18H2,1-4H3,(H,27,30). The molecule has 1 aliphatic heterocycles. The lowest BCUT2D eigenvalue weighted by Crippen LogP contribution is -2.50. The lowest BCUT2D eigenvalue weighted by molar-refractivity contribution is -0.120. The third kappa shape index (κ3) is 6.97. The van der Waals surface area contributed by atoms with Crippen molar-refractivity contribution >= 4 is 23.6 Å². The van der Waals surface area contributed by atoms with Crippen LogP contribution in [0.15, 0.2) is 54.6 Å². The number of piperidine rings is 1. The van der Waals surface area contributed by atoms with Gasteiger partial charge < -0.3 is 19.7 Å². The van der Waals surface area contributed by atoms with E-state index in [0.29, 0.717) is 42.9 Å². The fraction of sp³-hybridized carbons (Fsp3) is 0.423. The minimum absolute atomic E-state index is 0.0695. The molecule has 0 aromatic heterocycles. The van der Waals surface area contributed by atoms with Gasteiger partial charge in [0.25, 0.3) is 5.91 Å². The fourth-order valence-electron chi connectivity index (χ4n) is 3.73. The van der Waals surface area contributed by atoms with Crippen molar-refractivity contribution in [3.05, 3.63) is 60.2 Å². The Hall–Kier alpha value is -3.55. The molecule has 1 saturated heterocycles. The summed E-state index contributed by atoms with van der Waals surface area (Å²) in [6.07, 6.45) is 0.920. The Morgan fingerprint density at radius 1 is 1.00 bits per heavy atom. The van der Waals surface area contributed by atoms with Crippen LogP contribution in [0.5, 0.6) is 5.75 Å². The van der Waals surface area contributed by atoms with Crippen LogP contribution in [0.3, 0.4) is 0 Å². The molecule has 0 bridgehead atoms. The van der Waals surface area contributed by atoms with Crippen molar-refractivity contribution in [2.45, 2.75) is 45.3 Å². The van der Waals surface area contributed by atoms with Crippen molar-refractivity contribution < 1.29 is 23.9 Å². The number of anilines is 1. The lowest BCUT2D eigenvalue weighted by atomic mass is 10.1. The van der Waals surface area contributed by atoms with E-state index in [2.05, 4.69) is 5.32 Å². The van der Waals surface area contributed by atoms with Crippen molar-refractivity contribution in [2.75, 3.05) is 31.6 Å². The molecule has 1 heterocycles. The number of rotatable bonds is 6. The molecule has 1 fully saturated rings. The van der Waals surface area contributed by atoms with E-state index in [9.17, 15) is 14.4 Å². The van der Waals surface area contributed by atoms with Crippen molar-refractivity contribution in [3.63, 3.8) is 0 Å². The number of methoxy groups -OCH3 is 1. The van der Waals surface area contributed by atoms with Crippen LogP contribution in [0, 0.1) is 0 Å². The van der Waals surface area contributed by atoms with Gasteiger partial charge in [0.1, 0.15) is 17.9 Å². The van der Waals surface area contributed by atoms with Crippen LogP contribution in [0.4, 0.5) is 10.5 Å². The van der Waals surface area contributed by atoms with E-state index in [1.807, 2.05) is 39.0 Å². The summed E-state index contributed by atoms with van der Waals surface area (Å²) in [6.45, 7) is 6.41. The van der Waals surface area contributed by atoms with Crippen molar-refractivity contribution in [1.29, 1.82) is 0 Å². The van der Waals surface area contributed by atoms with Crippen LogP contribution in [-0.2, 0) is 9.53 Å². The molecule has 8 nitrogen and oxygen atoms in total. The average Bonchev–Trinajstić information content (AvgIpc) is 2.82. The first-order chi connectivity index (χ1) is 16.2. The highest BCUT2D eigenvalue weighted by molar-refractivity contribution is 6.08. The molecule has 0 unspecified atom stereocenters. The smallest absolute Gasteiger partial charge is 0.410 e. The van der Waals surface area contributed by atoms with Crippen molar-refractivity contribution in [1.82, 2.24) is 10.2 Å². The highest BCUT2D eigenvalue weighted by Gasteiger charge is 2.28. The summed E-state index contributed by atoms with van der Waals surface area (Å²) in [7, 11) is 1.56. The Kier molecular flexibility index (Phi) is 8.15. The monoisotopic (exact) mass is 467 g/mol. The van der Waals surface area contributed by atoms with Crippen LogP contribution in [0.2, 0.25) is 0 Å². The Labute approximate surface area is 200 Å². The molecular weight excluding hydrogens is 434 g/mol. The third-order valence-corrected chi connectivity index (χ3v) is 5.46. The molecule has 3 amide bonds. The van der Waals surface area contributed by atoms with Gasteiger partial charge in [0.05, 0.1) is 7.11 Å². The van der Waals surface area contributed by atoms with Gasteiger partial charge in [-0.15, -0.1) is 0 Å². The van der Waals surface area contributed by atoms with E-state index >= 15 is 0 Å². The minimum atomic E-state index is -0.542. The van der Waals surface area contributed by atoms with Gasteiger partial charge in [-0.1, -0.05) is 18.2 Å². The first-order valence-corrected chi connectivity index (χ1v) is 11.4. The highest BCUT2D eigenvalue weighted by atomic mass is 16.6. The Morgan fingerprint density at radius 2 is 1.62 bits per heavy atom. The number of carbonyl (C=O) groups is 3. The number of benzene rings is 2. The Balaban J connectivity index is 1.62. The number of hydrogen-bond acceptors (Lipinski definition) is 5. The lowest BCUT2D eigenvalue weighted by Gasteiger charge is -2.34. The second-order valence-electron chi connectivity index (χ2n) is 9.26. The molecule has 0 atom stereocenters. The quantitative estimate of drug-likeness (QED) is 0.697. The SMILES string of the molecule is COc1ccc(C(=O)N(CC(=O)NC2CCN(C(=O)OC(C)(C)C)CC2)c2ccccc2)cc1. The number of likely N-dealkylation sites (tertiary alicyclic amines) is 1. The summed E-state index contributed by atoms with van der Waals surface area (Å²) in [5, 5.41) is 3.02. The zero-order valence-electron chi connectivity index (χ0n) is 20.2. The van der Waals surface area contributed by atoms with E-state index in [1.165, 1.54) is 4.90 Å². The predicted octanol–water partition coefficient (Wildman–Crippen LogP) is 3.86. The molecule has 0 saturated carbocycles. The van der Waals surface area contributed by atoms with Gasteiger partial charge in [0, 0.05) is 30.4 Å². The van der Waals surface area contributed by atoms with Crippen LogP contribution in [0.1, 0.15) is 44.0 Å². The zero-order chi connectivity index (χ0) is 24.7. The van der Waals surface area contributed by atoms with E-state index in [4.69, 9.17) is 9.47 Å². The van der Waals surface area contributed by atoms with E-state index in [-0.39, 0.29) is 30.5 Å². The van der Waals surface area contributed by atoms with Gasteiger partial charge >= 0.3 is 6.09 Å². The summed E-state index contributed by atoms with van der Waals surface area (Å²) in [6, 6.07) is 15.8. The van der Waals surface area contributed by atoms with E-state index in [0.717, 1.165) is 0 Å². The van der Waals surface area contributed by atoms with Gasteiger partial charge in [-0.25, -0.2) is 4.79 Å². The van der Waals surface area contributed by atoms with Gasteiger partial charge in [0.15, 0.2) is 0 Å². The van der Waals surface area contributed by atoms with Crippen LogP contribution >= 0.6 is 0 Å². The molecule has 2 aromatic rings. The molecule has 1 aliphatic rings. The maximum atomic E-state index is 13.3. The number of para-hydroxylation sites is 1. The van der Waals surface area contributed by atoms with Crippen LogP contribution in [-0.4, -0.2) is 61.2 Å². The number of amides is 3. The first kappa shape index (κ1) is 25.1. The molecule has 182 valence electrons. The summed E-state index contributed by atoms with van der Waals surface area (Å²) in [4.78, 5) is 41.5. The number of hydrogen-bond donors (Lipinski definition) is 1. The van der Waals surface area contributed by atoms with Gasteiger partial charge in [-0.2, -0.15) is 0 Å². The minimum Gasteiger partial charge on any atom is -0.497 e. The van der Waals surface area contributed by atoms with E-state index < -0.39 is 5.60 Å². The van der Waals surface area contributed by atoms with Gasteiger partial charge in [-0.05, 0) is 70.0 Å². The molecule has 34 heavy (non-hydrogen) atoms. The molecule has 0 aliphatic carbocycles. The Bertz CT molecular complexity index is 978. The van der Waals surface area contributed by atoms with Gasteiger partial charge in [-0.3, -0.25) is 14.5 Å². The summed E-state index contributed by atoms with van der Waals surface area (Å²) < 4.78 is 10.6. The second kappa shape index (κ2) is 11.0. The van der Waals surface area contributed by atoms with Crippen LogP contribution in [0.25, 0.3) is 0 Å².